The number of nitrogens with zero attached hydrogens (tertiary/aromatic N) is 1. The van der Waals surface area contributed by atoms with Gasteiger partial charge < -0.3 is 14.5 Å². The molecule has 7 atom stereocenters. The van der Waals surface area contributed by atoms with Gasteiger partial charge in [-0.15, -0.1) is 11.8 Å². The summed E-state index contributed by atoms with van der Waals surface area (Å²) in [6, 6.07) is 22.8. The van der Waals surface area contributed by atoms with Crippen LogP contribution in [-0.2, 0) is 20.9 Å². The zero-order chi connectivity index (χ0) is 31.7. The quantitative estimate of drug-likeness (QED) is 0.188. The van der Waals surface area contributed by atoms with Gasteiger partial charge >= 0.3 is 10.8 Å². The van der Waals surface area contributed by atoms with E-state index >= 15 is 0 Å². The molecule has 1 saturated heterocycles. The molecule has 3 aromatic carbocycles. The Kier molecular flexibility index (Phi) is 7.17. The summed E-state index contributed by atoms with van der Waals surface area (Å²) in [5, 5.41) is 0.934. The average Bonchev–Trinajstić information content (AvgIpc) is 3.80. The van der Waals surface area contributed by atoms with E-state index in [2.05, 4.69) is 42.2 Å². The third-order valence-corrected chi connectivity index (χ3v) is 12.7. The molecule has 46 heavy (non-hydrogen) atoms. The Morgan fingerprint density at radius 1 is 0.935 bits per heavy atom. The molecule has 4 aliphatic rings. The van der Waals surface area contributed by atoms with Gasteiger partial charge in [-0.2, -0.15) is 0 Å². The van der Waals surface area contributed by atoms with Crippen LogP contribution in [0.2, 0.25) is 0 Å². The Hall–Kier alpha value is -4.15. The van der Waals surface area contributed by atoms with E-state index in [0.29, 0.717) is 17.9 Å². The van der Waals surface area contributed by atoms with Crippen molar-refractivity contribution >= 4 is 46.6 Å². The van der Waals surface area contributed by atoms with Crippen molar-refractivity contribution in [2.24, 2.45) is 29.6 Å². The van der Waals surface area contributed by atoms with Crippen LogP contribution in [0.3, 0.4) is 0 Å². The van der Waals surface area contributed by atoms with Crippen molar-refractivity contribution < 1.29 is 23.9 Å². The third kappa shape index (κ3) is 4.56. The Labute approximate surface area is 274 Å². The van der Waals surface area contributed by atoms with Crippen LogP contribution in [0.1, 0.15) is 51.2 Å². The van der Waals surface area contributed by atoms with Gasteiger partial charge in [0.05, 0.1) is 34.7 Å². The first-order valence-electron chi connectivity index (χ1n) is 15.7. The van der Waals surface area contributed by atoms with E-state index in [0.717, 1.165) is 33.2 Å². The number of carbonyl (C=O) groups is 3. The highest BCUT2D eigenvalue weighted by Gasteiger charge is 2.69. The van der Waals surface area contributed by atoms with E-state index in [1.54, 1.807) is 43.0 Å². The maximum absolute atomic E-state index is 14.2. The summed E-state index contributed by atoms with van der Waals surface area (Å²) in [6.45, 7) is 4.48. The number of hydrogen-bond donors (Lipinski definition) is 1. The van der Waals surface area contributed by atoms with Gasteiger partial charge in [0.25, 0.3) is 0 Å². The van der Waals surface area contributed by atoms with Gasteiger partial charge in [0.2, 0.25) is 11.8 Å². The van der Waals surface area contributed by atoms with Crippen LogP contribution in [0, 0.1) is 36.5 Å². The number of aryl methyl sites for hydroxylation is 1. The molecule has 8 rings (SSSR count). The van der Waals surface area contributed by atoms with Crippen molar-refractivity contribution in [2.75, 3.05) is 11.5 Å². The molecule has 0 spiro atoms. The van der Waals surface area contributed by atoms with E-state index in [-0.39, 0.29) is 52.2 Å². The number of aromatic amines is 1. The Morgan fingerprint density at radius 3 is 2.39 bits per heavy atom. The molecule has 10 heteroatoms. The molecular formula is C36H32N2O6S2. The SMILES string of the molecule is CCOC(=O)c1ccc(N2C(=O)[C@H]3[C@H]4C[C@@H]([C@@H]3C2=O)[C@H]2[C@H](c3ccccc3OCc3ccc(C)cc3)c3sc(=O)[nH]c3S[C@H]42)cc1. The maximum Gasteiger partial charge on any atom is 0.338 e. The average molecular weight is 653 g/mol. The standard InChI is InChI=1S/C36H32N2O6S2/c1-3-43-35(41)20-12-14-21(15-13-20)38-33(39)28-23-16-24(29(28)34(38)40)30-27(23)26(31-32(45-30)37-36(42)46-31)22-6-4-5-7-25(22)44-17-19-10-8-18(2)9-11-19/h4-15,23-24,26-30H,3,16-17H2,1-2H3,(H,37,42)/t23-,24-,26+,27+,28+,29+,30-/m1/s1. The number of carbonyl (C=O) groups excluding carboxylic acids is 3. The number of aromatic nitrogens is 1. The van der Waals surface area contributed by atoms with Gasteiger partial charge in [0.15, 0.2) is 0 Å². The first-order valence-corrected chi connectivity index (χ1v) is 17.4. The minimum Gasteiger partial charge on any atom is -0.489 e. The van der Waals surface area contributed by atoms with Crippen LogP contribution in [0.15, 0.2) is 82.6 Å². The lowest BCUT2D eigenvalue weighted by Gasteiger charge is -2.43. The van der Waals surface area contributed by atoms with E-state index in [1.807, 2.05) is 18.2 Å². The summed E-state index contributed by atoms with van der Waals surface area (Å²) in [5.41, 5.74) is 4.11. The molecule has 0 radical (unpaired) electrons. The van der Waals surface area contributed by atoms with E-state index in [4.69, 9.17) is 9.47 Å². The number of hydrogen-bond acceptors (Lipinski definition) is 8. The summed E-state index contributed by atoms with van der Waals surface area (Å²) < 4.78 is 11.5. The molecule has 0 unspecified atom stereocenters. The lowest BCUT2D eigenvalue weighted by molar-refractivity contribution is -0.123. The summed E-state index contributed by atoms with van der Waals surface area (Å²) >= 11 is 2.90. The minimum absolute atomic E-state index is 0.00458. The van der Waals surface area contributed by atoms with Gasteiger partial charge in [-0.05, 0) is 73.9 Å². The number of imide groups is 1. The number of ether oxygens (including phenoxy) is 2. The first kappa shape index (κ1) is 29.3. The van der Waals surface area contributed by atoms with Gasteiger partial charge in [-0.1, -0.05) is 59.4 Å². The summed E-state index contributed by atoms with van der Waals surface area (Å²) in [6.07, 6.45) is 0.798. The summed E-state index contributed by atoms with van der Waals surface area (Å²) in [4.78, 5) is 58.4. The number of anilines is 1. The zero-order valence-corrected chi connectivity index (χ0v) is 26.9. The number of esters is 1. The van der Waals surface area contributed by atoms with Crippen molar-refractivity contribution in [2.45, 2.75) is 43.1 Å². The molecule has 3 heterocycles. The molecule has 234 valence electrons. The van der Waals surface area contributed by atoms with Crippen molar-refractivity contribution in [3.8, 4) is 5.75 Å². The van der Waals surface area contributed by atoms with Crippen LogP contribution in [0.25, 0.3) is 0 Å². The lowest BCUT2D eigenvalue weighted by atomic mass is 9.68. The second-order valence-corrected chi connectivity index (χ2v) is 14.8. The van der Waals surface area contributed by atoms with Gasteiger partial charge in [-0.3, -0.25) is 19.3 Å². The highest BCUT2D eigenvalue weighted by Crippen LogP contribution is 2.69. The van der Waals surface area contributed by atoms with Crippen LogP contribution < -0.4 is 14.5 Å². The van der Waals surface area contributed by atoms with Gasteiger partial charge in [-0.25, -0.2) is 4.79 Å². The number of thioether (sulfide) groups is 1. The number of amides is 2. The number of H-pyrrole nitrogens is 1. The maximum atomic E-state index is 14.2. The van der Waals surface area contributed by atoms with Crippen LogP contribution in [-0.4, -0.2) is 34.6 Å². The van der Waals surface area contributed by atoms with Crippen LogP contribution in [0.5, 0.6) is 5.75 Å². The fourth-order valence-corrected chi connectivity index (χ4v) is 11.2. The zero-order valence-electron chi connectivity index (χ0n) is 25.3. The molecule has 2 aliphatic carbocycles. The second-order valence-electron chi connectivity index (χ2n) is 12.6. The fraction of sp³-hybridized carbons (Fsp3) is 0.333. The normalized spacial score (nSPS) is 27.3. The molecule has 2 bridgehead atoms. The van der Waals surface area contributed by atoms with Gasteiger partial charge in [0, 0.05) is 21.6 Å². The first-order chi connectivity index (χ1) is 22.3. The van der Waals surface area contributed by atoms with Crippen molar-refractivity contribution in [3.05, 3.63) is 110 Å². The number of nitrogens with one attached hydrogen (secondary N) is 1. The molecular weight excluding hydrogens is 621 g/mol. The minimum atomic E-state index is -0.441. The smallest absolute Gasteiger partial charge is 0.338 e. The Balaban J connectivity index is 1.14. The highest BCUT2D eigenvalue weighted by atomic mass is 32.2. The largest absolute Gasteiger partial charge is 0.489 e. The monoisotopic (exact) mass is 652 g/mol. The number of rotatable bonds is 7. The number of fused-ring (bicyclic) bond motifs is 9. The predicted molar refractivity (Wildman–Crippen MR) is 175 cm³/mol. The fourth-order valence-electron chi connectivity index (χ4n) is 8.29. The van der Waals surface area contributed by atoms with E-state index in [1.165, 1.54) is 21.8 Å². The van der Waals surface area contributed by atoms with Crippen molar-refractivity contribution in [3.63, 3.8) is 0 Å². The highest BCUT2D eigenvalue weighted by molar-refractivity contribution is 8.00. The molecule has 1 N–H and O–H groups in total. The summed E-state index contributed by atoms with van der Waals surface area (Å²) in [5.74, 6) is -0.956. The topological polar surface area (TPSA) is 106 Å². The van der Waals surface area contributed by atoms with Crippen molar-refractivity contribution in [1.82, 2.24) is 4.98 Å². The predicted octanol–water partition coefficient (Wildman–Crippen LogP) is 6.18. The third-order valence-electron chi connectivity index (χ3n) is 10.1. The molecule has 2 amide bonds. The number of benzene rings is 3. The molecule has 1 aromatic heterocycles. The second kappa shape index (κ2) is 11.3. The Morgan fingerprint density at radius 2 is 1.65 bits per heavy atom. The Bertz CT molecular complexity index is 1920. The number of thiazole rings is 1. The summed E-state index contributed by atoms with van der Waals surface area (Å²) in [7, 11) is 0. The van der Waals surface area contributed by atoms with Crippen LogP contribution >= 0.6 is 23.1 Å². The molecule has 3 fully saturated rings. The molecule has 2 aliphatic heterocycles. The lowest BCUT2D eigenvalue weighted by Crippen LogP contribution is -2.42. The molecule has 4 aromatic rings. The molecule has 2 saturated carbocycles. The van der Waals surface area contributed by atoms with Crippen molar-refractivity contribution in [1.29, 1.82) is 0 Å². The van der Waals surface area contributed by atoms with E-state index in [9.17, 15) is 19.2 Å². The van der Waals surface area contributed by atoms with Crippen LogP contribution in [0.4, 0.5) is 5.69 Å². The van der Waals surface area contributed by atoms with E-state index < -0.39 is 17.8 Å². The molecule has 8 nitrogen and oxygen atoms in total. The van der Waals surface area contributed by atoms with Gasteiger partial charge in [0.1, 0.15) is 12.4 Å². The number of para-hydroxylation sites is 1.